The lowest BCUT2D eigenvalue weighted by molar-refractivity contribution is -0.870. The minimum Gasteiger partial charge on any atom is -0.389 e. The minimum absolute atomic E-state index is 0.0375. The van der Waals surface area contributed by atoms with Crippen LogP contribution < -0.4 is 5.32 Å². The molecule has 0 aromatic carbocycles. The van der Waals surface area contributed by atoms with Crippen LogP contribution in [0.15, 0.2) is 60.8 Å². The SMILES string of the molecule is CCCCC/C=C\C[C@H](O)/C=C/C=C\C/C=C\CCCC(=O)N[C@@H](COP(=O)(O)OCC[N+](C)(C)C)[C@H](O)/C=C/CCCCCCCCCCC. The van der Waals surface area contributed by atoms with Crippen LogP contribution in [0.4, 0.5) is 0 Å². The van der Waals surface area contributed by atoms with Gasteiger partial charge in [-0.3, -0.25) is 13.8 Å². The number of nitrogens with zero attached hydrogens (tertiary/aromatic N) is 1. The Morgan fingerprint density at radius 1 is 0.725 bits per heavy atom. The van der Waals surface area contributed by atoms with Crippen LogP contribution in [-0.4, -0.2) is 84.6 Å². The Hall–Kier alpha value is -1.84. The first-order valence-electron chi connectivity index (χ1n) is 19.8. The molecule has 0 aliphatic rings. The van der Waals surface area contributed by atoms with Crippen molar-refractivity contribution in [3.63, 3.8) is 0 Å². The molecule has 0 aromatic heterocycles. The van der Waals surface area contributed by atoms with Crippen molar-refractivity contribution >= 4 is 13.7 Å². The van der Waals surface area contributed by atoms with E-state index >= 15 is 0 Å². The standard InChI is InChI=1S/C41H75N2O7P/c1-6-8-10-12-14-15-16-17-21-25-29-33-40(45)39(37-50-51(47,48)49-36-35-43(3,4)5)42-41(46)34-30-26-22-19-18-20-24-28-32-38(44)31-27-23-13-11-9-7-2/h19-20,22-24,27-29,32-33,38-40,44-45H,6-18,21,25-26,30-31,34-37H2,1-5H3,(H-,42,46,47,48)/p+1/b22-19-,24-20-,27-23-,32-28+,33-29+/t38-,39-,40+/m0/s1. The third-order valence-corrected chi connectivity index (χ3v) is 9.30. The number of allylic oxidation sites excluding steroid dienone is 7. The molecule has 4 N–H and O–H groups in total. The largest absolute Gasteiger partial charge is 0.472 e. The normalized spacial score (nSPS) is 15.8. The number of hydrogen-bond donors (Lipinski definition) is 4. The van der Waals surface area contributed by atoms with Gasteiger partial charge in [0.1, 0.15) is 13.2 Å². The summed E-state index contributed by atoms with van der Waals surface area (Å²) in [6, 6.07) is -0.895. The van der Waals surface area contributed by atoms with E-state index in [-0.39, 0.29) is 25.5 Å². The maximum absolute atomic E-state index is 12.8. The molecule has 0 spiro atoms. The topological polar surface area (TPSA) is 125 Å². The van der Waals surface area contributed by atoms with Gasteiger partial charge in [0, 0.05) is 6.42 Å². The minimum atomic E-state index is -4.36. The highest BCUT2D eigenvalue weighted by Gasteiger charge is 2.27. The fourth-order valence-electron chi connectivity index (χ4n) is 5.06. The molecule has 0 saturated heterocycles. The maximum atomic E-state index is 12.8. The summed E-state index contributed by atoms with van der Waals surface area (Å²) in [7, 11) is 1.49. The van der Waals surface area contributed by atoms with E-state index < -0.39 is 26.1 Å². The number of nitrogens with one attached hydrogen (secondary N) is 1. The molecule has 0 bridgehead atoms. The molecular weight excluding hydrogens is 663 g/mol. The lowest BCUT2D eigenvalue weighted by atomic mass is 10.1. The van der Waals surface area contributed by atoms with Crippen molar-refractivity contribution in [2.45, 2.75) is 154 Å². The Balaban J connectivity index is 4.69. The average molecular weight is 740 g/mol. The predicted octanol–water partition coefficient (Wildman–Crippen LogP) is 9.27. The molecule has 0 heterocycles. The zero-order chi connectivity index (χ0) is 38.1. The Morgan fingerprint density at radius 3 is 2.00 bits per heavy atom. The lowest BCUT2D eigenvalue weighted by Crippen LogP contribution is -2.45. The first-order valence-corrected chi connectivity index (χ1v) is 21.3. The smallest absolute Gasteiger partial charge is 0.389 e. The van der Waals surface area contributed by atoms with E-state index in [0.29, 0.717) is 30.3 Å². The number of amides is 1. The third kappa shape index (κ3) is 35.0. The van der Waals surface area contributed by atoms with E-state index in [9.17, 15) is 24.5 Å². The molecule has 9 nitrogen and oxygen atoms in total. The molecule has 0 saturated carbocycles. The molecule has 0 aromatic rings. The van der Waals surface area contributed by atoms with Gasteiger partial charge in [-0.1, -0.05) is 139 Å². The van der Waals surface area contributed by atoms with Gasteiger partial charge in [-0.2, -0.15) is 0 Å². The highest BCUT2D eigenvalue weighted by atomic mass is 31.2. The summed E-state index contributed by atoms with van der Waals surface area (Å²) < 4.78 is 23.4. The Bertz CT molecular complexity index is 1040. The van der Waals surface area contributed by atoms with Gasteiger partial charge in [0.15, 0.2) is 0 Å². The first-order chi connectivity index (χ1) is 24.4. The quantitative estimate of drug-likeness (QED) is 0.0171. The van der Waals surface area contributed by atoms with Crippen LogP contribution >= 0.6 is 7.82 Å². The molecule has 10 heteroatoms. The van der Waals surface area contributed by atoms with Crippen LogP contribution in [0.1, 0.15) is 136 Å². The molecule has 0 aliphatic carbocycles. The highest BCUT2D eigenvalue weighted by molar-refractivity contribution is 7.47. The number of likely N-dealkylation sites (N-methyl/N-ethyl adjacent to an activating group) is 1. The summed E-state index contributed by atoms with van der Waals surface area (Å²) in [5, 5.41) is 23.7. The van der Waals surface area contributed by atoms with E-state index in [1.807, 2.05) is 63.7 Å². The molecule has 51 heavy (non-hydrogen) atoms. The van der Waals surface area contributed by atoms with Crippen molar-refractivity contribution in [1.82, 2.24) is 5.32 Å². The molecule has 0 rings (SSSR count). The number of aliphatic hydroxyl groups excluding tert-OH is 2. The van der Waals surface area contributed by atoms with E-state index in [2.05, 4.69) is 25.2 Å². The Labute approximate surface area is 312 Å². The number of aliphatic hydroxyl groups is 2. The second-order valence-corrected chi connectivity index (χ2v) is 16.0. The summed E-state index contributed by atoms with van der Waals surface area (Å²) in [4.78, 5) is 23.0. The van der Waals surface area contributed by atoms with Gasteiger partial charge in [0.25, 0.3) is 0 Å². The summed E-state index contributed by atoms with van der Waals surface area (Å²) in [6.45, 7) is 4.61. The number of phosphoric ester groups is 1. The second-order valence-electron chi connectivity index (χ2n) is 14.5. The number of quaternary nitrogens is 1. The molecular formula is C41H76N2O7P+. The monoisotopic (exact) mass is 740 g/mol. The van der Waals surface area contributed by atoms with Gasteiger partial charge in [-0.25, -0.2) is 4.57 Å². The van der Waals surface area contributed by atoms with Gasteiger partial charge < -0.3 is 24.9 Å². The number of carbonyl (C=O) groups is 1. The van der Waals surface area contributed by atoms with Crippen LogP contribution in [0.5, 0.6) is 0 Å². The van der Waals surface area contributed by atoms with Crippen molar-refractivity contribution in [2.24, 2.45) is 0 Å². The summed E-state index contributed by atoms with van der Waals surface area (Å²) >= 11 is 0. The highest BCUT2D eigenvalue weighted by Crippen LogP contribution is 2.43. The number of carbonyl (C=O) groups excluding carboxylic acids is 1. The number of phosphoric acid groups is 1. The molecule has 0 fully saturated rings. The number of hydrogen-bond acceptors (Lipinski definition) is 6. The molecule has 1 amide bonds. The molecule has 1 unspecified atom stereocenters. The van der Waals surface area contributed by atoms with Crippen molar-refractivity contribution in [3.8, 4) is 0 Å². The fraction of sp³-hybridized carbons (Fsp3) is 0.732. The van der Waals surface area contributed by atoms with Crippen LogP contribution in [0.25, 0.3) is 0 Å². The van der Waals surface area contributed by atoms with Crippen molar-refractivity contribution in [3.05, 3.63) is 60.8 Å². The van der Waals surface area contributed by atoms with Crippen molar-refractivity contribution < 1.29 is 38.0 Å². The number of unbranched alkanes of at least 4 members (excludes halogenated alkanes) is 13. The van der Waals surface area contributed by atoms with Crippen molar-refractivity contribution in [2.75, 3.05) is 40.9 Å². The average Bonchev–Trinajstić information content (AvgIpc) is 3.07. The predicted molar refractivity (Wildman–Crippen MR) is 213 cm³/mol. The summed E-state index contributed by atoms with van der Waals surface area (Å²) in [5.41, 5.74) is 0. The van der Waals surface area contributed by atoms with Crippen LogP contribution in [-0.2, 0) is 18.4 Å². The molecule has 0 aliphatic heterocycles. The molecule has 4 atom stereocenters. The maximum Gasteiger partial charge on any atom is 0.472 e. The second kappa shape index (κ2) is 32.8. The van der Waals surface area contributed by atoms with E-state index in [4.69, 9.17) is 9.05 Å². The summed E-state index contributed by atoms with van der Waals surface area (Å²) in [6.07, 6.45) is 37.5. The Morgan fingerprint density at radius 2 is 1.31 bits per heavy atom. The van der Waals surface area contributed by atoms with Gasteiger partial charge in [0.05, 0.1) is 46.0 Å². The third-order valence-electron chi connectivity index (χ3n) is 8.31. The van der Waals surface area contributed by atoms with Crippen LogP contribution in [0.2, 0.25) is 0 Å². The van der Waals surface area contributed by atoms with Gasteiger partial charge >= 0.3 is 7.82 Å². The first kappa shape index (κ1) is 49.2. The lowest BCUT2D eigenvalue weighted by Gasteiger charge is -2.25. The zero-order valence-electron chi connectivity index (χ0n) is 32.9. The van der Waals surface area contributed by atoms with Crippen LogP contribution in [0, 0.1) is 0 Å². The number of rotatable bonds is 34. The van der Waals surface area contributed by atoms with Gasteiger partial charge in [0.2, 0.25) is 5.91 Å². The van der Waals surface area contributed by atoms with E-state index in [1.54, 1.807) is 12.2 Å². The molecule has 0 radical (unpaired) electrons. The van der Waals surface area contributed by atoms with Crippen LogP contribution in [0.3, 0.4) is 0 Å². The van der Waals surface area contributed by atoms with E-state index in [1.165, 1.54) is 64.2 Å². The molecule has 296 valence electrons. The van der Waals surface area contributed by atoms with Crippen molar-refractivity contribution in [1.29, 1.82) is 0 Å². The zero-order valence-corrected chi connectivity index (χ0v) is 33.8. The van der Waals surface area contributed by atoms with Gasteiger partial charge in [-0.05, 0) is 51.4 Å². The summed E-state index contributed by atoms with van der Waals surface area (Å²) in [5.74, 6) is -0.262. The van der Waals surface area contributed by atoms with Gasteiger partial charge in [-0.15, -0.1) is 0 Å². The Kier molecular flexibility index (Phi) is 31.6. The fourth-order valence-corrected chi connectivity index (χ4v) is 5.79. The van der Waals surface area contributed by atoms with E-state index in [0.717, 1.165) is 32.1 Å².